The molecule has 1 aromatic rings. The Balaban J connectivity index is 1.38. The van der Waals surface area contributed by atoms with Crippen molar-refractivity contribution in [2.75, 3.05) is 19.8 Å². The molecule has 1 saturated heterocycles. The maximum absolute atomic E-state index is 12.6. The number of nitrogens with zero attached hydrogens (tertiary/aromatic N) is 1. The van der Waals surface area contributed by atoms with Crippen LogP contribution in [0.25, 0.3) is 0 Å². The van der Waals surface area contributed by atoms with Gasteiger partial charge in [0.15, 0.2) is 0 Å². The summed E-state index contributed by atoms with van der Waals surface area (Å²) in [5.74, 6) is 8.09. The van der Waals surface area contributed by atoms with Crippen molar-refractivity contribution >= 4 is 5.91 Å². The van der Waals surface area contributed by atoms with E-state index in [2.05, 4.69) is 30.0 Å². The quantitative estimate of drug-likeness (QED) is 0.783. The number of benzene rings is 1. The molecular weight excluding hydrogens is 298 g/mol. The molecule has 0 bridgehead atoms. The Hall–Kier alpha value is -1.79. The number of amides is 1. The Morgan fingerprint density at radius 2 is 2.00 bits per heavy atom. The number of carbonyl (C=O) groups excluding carboxylic acids is 1. The molecule has 1 saturated carbocycles. The number of hydrogen-bond acceptors (Lipinski definition) is 2. The molecule has 4 rings (SSSR count). The fourth-order valence-electron chi connectivity index (χ4n) is 3.58. The van der Waals surface area contributed by atoms with Gasteiger partial charge in [-0.05, 0) is 61.3 Å². The number of hydrogen-bond donors (Lipinski definition) is 0. The van der Waals surface area contributed by atoms with E-state index in [1.165, 1.54) is 24.0 Å². The van der Waals surface area contributed by atoms with Gasteiger partial charge < -0.3 is 9.64 Å². The highest BCUT2D eigenvalue weighted by Crippen LogP contribution is 2.28. The molecule has 0 spiro atoms. The summed E-state index contributed by atoms with van der Waals surface area (Å²) < 4.78 is 5.39. The van der Waals surface area contributed by atoms with E-state index >= 15 is 0 Å². The summed E-state index contributed by atoms with van der Waals surface area (Å²) in [4.78, 5) is 14.6. The Morgan fingerprint density at radius 3 is 2.79 bits per heavy atom. The van der Waals surface area contributed by atoms with Gasteiger partial charge in [0.1, 0.15) is 0 Å². The molecule has 0 N–H and O–H groups in total. The highest BCUT2D eigenvalue weighted by Gasteiger charge is 2.24. The Bertz CT molecular complexity index is 675. The maximum atomic E-state index is 12.6. The standard InChI is InChI=1S/C21H25NO2/c23-21(14-18-8-11-24-12-9-18)22-10-7-19-13-17(4-3-16-1-2-16)5-6-20(19)15-22/h5-6,13,16,18H,1-2,7-12,14-15H2. The predicted molar refractivity (Wildman–Crippen MR) is 93.3 cm³/mol. The molecule has 24 heavy (non-hydrogen) atoms. The highest BCUT2D eigenvalue weighted by molar-refractivity contribution is 5.76. The van der Waals surface area contributed by atoms with Gasteiger partial charge >= 0.3 is 0 Å². The minimum absolute atomic E-state index is 0.310. The first-order chi connectivity index (χ1) is 11.8. The lowest BCUT2D eigenvalue weighted by atomic mass is 9.94. The second kappa shape index (κ2) is 6.99. The highest BCUT2D eigenvalue weighted by atomic mass is 16.5. The molecule has 0 radical (unpaired) electrons. The van der Waals surface area contributed by atoms with E-state index in [4.69, 9.17) is 4.74 Å². The monoisotopic (exact) mass is 323 g/mol. The fraction of sp³-hybridized carbons (Fsp3) is 0.571. The summed E-state index contributed by atoms with van der Waals surface area (Å²) in [6.45, 7) is 3.22. The molecular formula is C21H25NO2. The molecule has 126 valence electrons. The third-order valence-electron chi connectivity index (χ3n) is 5.37. The number of rotatable bonds is 2. The van der Waals surface area contributed by atoms with Crippen LogP contribution in [0.5, 0.6) is 0 Å². The van der Waals surface area contributed by atoms with Crippen LogP contribution in [0.3, 0.4) is 0 Å². The summed E-state index contributed by atoms with van der Waals surface area (Å²) in [7, 11) is 0. The van der Waals surface area contributed by atoms with Crippen molar-refractivity contribution in [1.29, 1.82) is 0 Å². The number of carbonyl (C=O) groups is 1. The molecule has 3 heteroatoms. The molecule has 0 aromatic heterocycles. The minimum atomic E-state index is 0.310. The van der Waals surface area contributed by atoms with Crippen LogP contribution in [0.4, 0.5) is 0 Å². The van der Waals surface area contributed by atoms with Gasteiger partial charge in [-0.3, -0.25) is 4.79 Å². The second-order valence-corrected chi connectivity index (χ2v) is 7.35. The summed E-state index contributed by atoms with van der Waals surface area (Å²) in [6, 6.07) is 6.51. The number of fused-ring (bicyclic) bond motifs is 1. The fourth-order valence-corrected chi connectivity index (χ4v) is 3.58. The molecule has 2 aliphatic heterocycles. The van der Waals surface area contributed by atoms with Gasteiger partial charge in [-0.25, -0.2) is 0 Å². The van der Waals surface area contributed by atoms with E-state index in [0.717, 1.165) is 51.1 Å². The van der Waals surface area contributed by atoms with Gasteiger partial charge in [-0.1, -0.05) is 17.9 Å². The average molecular weight is 323 g/mol. The molecule has 3 aliphatic rings. The maximum Gasteiger partial charge on any atom is 0.223 e. The normalized spacial score (nSPS) is 20.9. The molecule has 1 aliphatic carbocycles. The molecule has 1 amide bonds. The van der Waals surface area contributed by atoms with Gasteiger partial charge in [0, 0.05) is 44.2 Å². The average Bonchev–Trinajstić information content (AvgIpc) is 3.44. The van der Waals surface area contributed by atoms with Crippen molar-refractivity contribution in [3.8, 4) is 11.8 Å². The summed E-state index contributed by atoms with van der Waals surface area (Å²) in [6.07, 6.45) is 6.22. The van der Waals surface area contributed by atoms with Crippen molar-refractivity contribution < 1.29 is 9.53 Å². The summed E-state index contributed by atoms with van der Waals surface area (Å²) in [5.41, 5.74) is 3.79. The molecule has 1 aromatic carbocycles. The number of ether oxygens (including phenoxy) is 1. The van der Waals surface area contributed by atoms with E-state index in [0.29, 0.717) is 24.2 Å². The van der Waals surface area contributed by atoms with E-state index in [1.54, 1.807) is 0 Å². The molecule has 2 fully saturated rings. The lowest BCUT2D eigenvalue weighted by molar-refractivity contribution is -0.133. The van der Waals surface area contributed by atoms with Crippen LogP contribution in [0.1, 0.15) is 48.8 Å². The van der Waals surface area contributed by atoms with Crippen LogP contribution < -0.4 is 0 Å². The van der Waals surface area contributed by atoms with Crippen molar-refractivity contribution in [1.82, 2.24) is 4.90 Å². The van der Waals surface area contributed by atoms with Crippen LogP contribution in [0, 0.1) is 23.7 Å². The van der Waals surface area contributed by atoms with Crippen molar-refractivity contribution in [3.63, 3.8) is 0 Å². The second-order valence-electron chi connectivity index (χ2n) is 7.35. The summed E-state index contributed by atoms with van der Waals surface area (Å²) >= 11 is 0. The van der Waals surface area contributed by atoms with E-state index in [9.17, 15) is 4.79 Å². The Labute approximate surface area is 144 Å². The summed E-state index contributed by atoms with van der Waals surface area (Å²) in [5, 5.41) is 0. The zero-order valence-electron chi connectivity index (χ0n) is 14.2. The van der Waals surface area contributed by atoms with Crippen LogP contribution in [0.15, 0.2) is 18.2 Å². The van der Waals surface area contributed by atoms with E-state index in [-0.39, 0.29) is 0 Å². The minimum Gasteiger partial charge on any atom is -0.381 e. The lowest BCUT2D eigenvalue weighted by Crippen LogP contribution is -2.37. The van der Waals surface area contributed by atoms with Crippen LogP contribution in [-0.4, -0.2) is 30.6 Å². The third-order valence-corrected chi connectivity index (χ3v) is 5.37. The SMILES string of the molecule is O=C(CC1CCOCC1)N1CCc2cc(C#CC3CC3)ccc2C1. The lowest BCUT2D eigenvalue weighted by Gasteiger charge is -2.31. The van der Waals surface area contributed by atoms with Crippen LogP contribution in [0.2, 0.25) is 0 Å². The van der Waals surface area contributed by atoms with Crippen molar-refractivity contribution in [2.45, 2.75) is 45.1 Å². The van der Waals surface area contributed by atoms with Crippen LogP contribution in [-0.2, 0) is 22.5 Å². The van der Waals surface area contributed by atoms with Crippen molar-refractivity contribution in [2.24, 2.45) is 11.8 Å². The Kier molecular flexibility index (Phi) is 4.58. The first-order valence-electron chi connectivity index (χ1n) is 9.27. The van der Waals surface area contributed by atoms with Gasteiger partial charge in [0.25, 0.3) is 0 Å². The third kappa shape index (κ3) is 3.82. The van der Waals surface area contributed by atoms with Crippen molar-refractivity contribution in [3.05, 3.63) is 34.9 Å². The predicted octanol–water partition coefficient (Wildman–Crippen LogP) is 3.15. The van der Waals surface area contributed by atoms with Crippen LogP contribution >= 0.6 is 0 Å². The first-order valence-corrected chi connectivity index (χ1v) is 9.27. The molecule has 0 atom stereocenters. The van der Waals surface area contributed by atoms with Gasteiger partial charge in [0.2, 0.25) is 5.91 Å². The zero-order valence-corrected chi connectivity index (χ0v) is 14.2. The molecule has 3 nitrogen and oxygen atoms in total. The van der Waals surface area contributed by atoms with Gasteiger partial charge in [0.05, 0.1) is 0 Å². The Morgan fingerprint density at radius 1 is 1.17 bits per heavy atom. The molecule has 2 heterocycles. The van der Waals surface area contributed by atoms with Gasteiger partial charge in [-0.2, -0.15) is 0 Å². The topological polar surface area (TPSA) is 29.5 Å². The zero-order chi connectivity index (χ0) is 16.4. The van der Waals surface area contributed by atoms with E-state index < -0.39 is 0 Å². The largest absolute Gasteiger partial charge is 0.381 e. The molecule has 0 unspecified atom stereocenters. The smallest absolute Gasteiger partial charge is 0.223 e. The van der Waals surface area contributed by atoms with E-state index in [1.807, 2.05) is 4.90 Å². The first kappa shape index (κ1) is 15.7. The van der Waals surface area contributed by atoms with Gasteiger partial charge in [-0.15, -0.1) is 0 Å².